The van der Waals surface area contributed by atoms with Gasteiger partial charge in [-0.2, -0.15) is 0 Å². The van der Waals surface area contributed by atoms with Crippen LogP contribution in [0.3, 0.4) is 0 Å². The number of rotatable bonds is 5. The monoisotopic (exact) mass is 283 g/mol. The highest BCUT2D eigenvalue weighted by molar-refractivity contribution is 5.78. The fourth-order valence-corrected chi connectivity index (χ4v) is 3.74. The van der Waals surface area contributed by atoms with Gasteiger partial charge >= 0.3 is 5.97 Å². The number of aliphatic hydroxyl groups excluding tert-OH is 1. The number of amides is 1. The van der Waals surface area contributed by atoms with Gasteiger partial charge in [0.05, 0.1) is 18.6 Å². The van der Waals surface area contributed by atoms with Crippen LogP contribution < -0.4 is 5.32 Å². The van der Waals surface area contributed by atoms with Crippen molar-refractivity contribution >= 4 is 11.9 Å². The van der Waals surface area contributed by atoms with Crippen LogP contribution in [-0.4, -0.2) is 34.2 Å². The van der Waals surface area contributed by atoms with E-state index in [1.807, 2.05) is 0 Å². The van der Waals surface area contributed by atoms with E-state index in [1.165, 1.54) is 0 Å². The van der Waals surface area contributed by atoms with Crippen LogP contribution in [0.4, 0.5) is 0 Å². The van der Waals surface area contributed by atoms with Gasteiger partial charge < -0.3 is 15.5 Å². The first-order valence-corrected chi connectivity index (χ1v) is 7.70. The van der Waals surface area contributed by atoms with E-state index in [9.17, 15) is 14.7 Å². The zero-order chi connectivity index (χ0) is 14.6. The molecule has 0 radical (unpaired) electrons. The van der Waals surface area contributed by atoms with Gasteiger partial charge in [-0.15, -0.1) is 0 Å². The second-order valence-electron chi connectivity index (χ2n) is 6.48. The normalized spacial score (nSPS) is 29.1. The molecule has 2 unspecified atom stereocenters. The summed E-state index contributed by atoms with van der Waals surface area (Å²) >= 11 is 0. The van der Waals surface area contributed by atoms with Crippen molar-refractivity contribution < 1.29 is 19.8 Å². The van der Waals surface area contributed by atoms with E-state index >= 15 is 0 Å². The van der Waals surface area contributed by atoms with Gasteiger partial charge in [0.15, 0.2) is 0 Å². The average Bonchev–Trinajstić information content (AvgIpc) is 2.79. The third-order valence-electron chi connectivity index (χ3n) is 4.80. The van der Waals surface area contributed by atoms with Gasteiger partial charge in [0, 0.05) is 6.42 Å². The summed E-state index contributed by atoms with van der Waals surface area (Å²) < 4.78 is 0. The molecular formula is C15H25NO4. The number of carbonyl (C=O) groups excluding carboxylic acids is 1. The predicted molar refractivity (Wildman–Crippen MR) is 74.2 cm³/mol. The van der Waals surface area contributed by atoms with Crippen molar-refractivity contribution in [2.24, 2.45) is 5.41 Å². The molecule has 1 amide bonds. The molecule has 0 aromatic rings. The number of carboxylic acid groups (broad SMARTS) is 1. The van der Waals surface area contributed by atoms with E-state index in [0.717, 1.165) is 51.4 Å². The van der Waals surface area contributed by atoms with Gasteiger partial charge in [-0.1, -0.05) is 25.7 Å². The number of carbonyl (C=O) groups is 2. The van der Waals surface area contributed by atoms with E-state index in [4.69, 9.17) is 5.11 Å². The molecule has 3 N–H and O–H groups in total. The first-order chi connectivity index (χ1) is 9.51. The highest BCUT2D eigenvalue weighted by Crippen LogP contribution is 2.44. The summed E-state index contributed by atoms with van der Waals surface area (Å²) in [5, 5.41) is 21.8. The summed E-state index contributed by atoms with van der Waals surface area (Å²) in [5.41, 5.74) is -0.366. The molecule has 0 heterocycles. The first-order valence-electron chi connectivity index (χ1n) is 7.70. The van der Waals surface area contributed by atoms with Crippen molar-refractivity contribution in [2.75, 3.05) is 0 Å². The van der Waals surface area contributed by atoms with Crippen molar-refractivity contribution in [3.63, 3.8) is 0 Å². The maximum Gasteiger partial charge on any atom is 0.303 e. The van der Waals surface area contributed by atoms with Crippen LogP contribution in [0.15, 0.2) is 0 Å². The first kappa shape index (κ1) is 15.3. The van der Waals surface area contributed by atoms with Crippen molar-refractivity contribution in [3.8, 4) is 0 Å². The number of nitrogens with one attached hydrogen (secondary N) is 1. The van der Waals surface area contributed by atoms with Crippen LogP contribution in [0.25, 0.3) is 0 Å². The van der Waals surface area contributed by atoms with Crippen molar-refractivity contribution in [3.05, 3.63) is 0 Å². The molecule has 2 saturated carbocycles. The van der Waals surface area contributed by atoms with Crippen LogP contribution in [0.1, 0.15) is 64.2 Å². The lowest BCUT2D eigenvalue weighted by Gasteiger charge is -2.31. The second kappa shape index (κ2) is 6.57. The zero-order valence-corrected chi connectivity index (χ0v) is 11.9. The molecule has 0 aromatic heterocycles. The number of aliphatic hydroxyl groups is 1. The maximum atomic E-state index is 12.2. The largest absolute Gasteiger partial charge is 0.481 e. The maximum absolute atomic E-state index is 12.2. The molecule has 2 atom stereocenters. The van der Waals surface area contributed by atoms with Crippen LogP contribution in [0, 0.1) is 5.41 Å². The van der Waals surface area contributed by atoms with E-state index in [1.54, 1.807) is 0 Å². The molecule has 5 nitrogen and oxygen atoms in total. The molecule has 0 aliphatic heterocycles. The van der Waals surface area contributed by atoms with E-state index in [2.05, 4.69) is 5.32 Å². The molecule has 0 aromatic carbocycles. The van der Waals surface area contributed by atoms with Gasteiger partial charge in [0.2, 0.25) is 5.91 Å². The minimum absolute atomic E-state index is 0.0770. The summed E-state index contributed by atoms with van der Waals surface area (Å²) in [7, 11) is 0. The second-order valence-corrected chi connectivity index (χ2v) is 6.48. The Hall–Kier alpha value is -1.10. The molecule has 0 saturated heterocycles. The van der Waals surface area contributed by atoms with Gasteiger partial charge in [-0.25, -0.2) is 0 Å². The molecule has 114 valence electrons. The lowest BCUT2D eigenvalue weighted by molar-refractivity contribution is -0.140. The van der Waals surface area contributed by atoms with E-state index in [-0.39, 0.29) is 30.2 Å². The molecule has 0 spiro atoms. The molecule has 2 aliphatic rings. The molecular weight excluding hydrogens is 258 g/mol. The summed E-state index contributed by atoms with van der Waals surface area (Å²) in [6.45, 7) is 0. The number of hydrogen-bond acceptors (Lipinski definition) is 3. The summed E-state index contributed by atoms with van der Waals surface area (Å²) in [5.74, 6) is -0.920. The number of carboxylic acids is 1. The fourth-order valence-electron chi connectivity index (χ4n) is 3.74. The van der Waals surface area contributed by atoms with E-state index < -0.39 is 12.1 Å². The quantitative estimate of drug-likeness (QED) is 0.718. The highest BCUT2D eigenvalue weighted by atomic mass is 16.4. The van der Waals surface area contributed by atoms with Crippen molar-refractivity contribution in [1.82, 2.24) is 5.32 Å². The zero-order valence-electron chi connectivity index (χ0n) is 11.9. The molecule has 2 aliphatic carbocycles. The Morgan fingerprint density at radius 2 is 1.70 bits per heavy atom. The average molecular weight is 283 g/mol. The topological polar surface area (TPSA) is 86.6 Å². The van der Waals surface area contributed by atoms with Gasteiger partial charge in [0.1, 0.15) is 0 Å². The Morgan fingerprint density at radius 1 is 1.05 bits per heavy atom. The summed E-state index contributed by atoms with van der Waals surface area (Å²) in [6.07, 6.45) is 7.16. The summed E-state index contributed by atoms with van der Waals surface area (Å²) in [4.78, 5) is 23.2. The molecule has 2 rings (SSSR count). The van der Waals surface area contributed by atoms with Crippen LogP contribution in [0.5, 0.6) is 0 Å². The lowest BCUT2D eigenvalue weighted by Crippen LogP contribution is -2.46. The van der Waals surface area contributed by atoms with Gasteiger partial charge in [-0.3, -0.25) is 9.59 Å². The van der Waals surface area contributed by atoms with Crippen molar-refractivity contribution in [1.29, 1.82) is 0 Å². The standard InChI is InChI=1S/C15H25NO4/c17-12-6-2-1-5-11(12)16-13(18)9-15(10-14(19)20)7-3-4-8-15/h11-12,17H,1-10H2,(H,16,18)(H,19,20). The number of hydrogen-bond donors (Lipinski definition) is 3. The Labute approximate surface area is 119 Å². The lowest BCUT2D eigenvalue weighted by atomic mass is 9.79. The summed E-state index contributed by atoms with van der Waals surface area (Å²) in [6, 6.07) is -0.153. The van der Waals surface area contributed by atoms with Crippen LogP contribution >= 0.6 is 0 Å². The Bertz CT molecular complexity index is 363. The number of aliphatic carboxylic acids is 1. The highest BCUT2D eigenvalue weighted by Gasteiger charge is 2.38. The minimum atomic E-state index is -0.822. The van der Waals surface area contributed by atoms with Gasteiger partial charge in [-0.05, 0) is 31.1 Å². The fraction of sp³-hybridized carbons (Fsp3) is 0.867. The minimum Gasteiger partial charge on any atom is -0.481 e. The van der Waals surface area contributed by atoms with Gasteiger partial charge in [0.25, 0.3) is 0 Å². The smallest absolute Gasteiger partial charge is 0.303 e. The third kappa shape index (κ3) is 3.95. The molecule has 20 heavy (non-hydrogen) atoms. The molecule has 2 fully saturated rings. The molecule has 5 heteroatoms. The van der Waals surface area contributed by atoms with Crippen LogP contribution in [0.2, 0.25) is 0 Å². The Morgan fingerprint density at radius 3 is 2.30 bits per heavy atom. The Balaban J connectivity index is 1.89. The van der Waals surface area contributed by atoms with Crippen LogP contribution in [-0.2, 0) is 9.59 Å². The Kier molecular flexibility index (Phi) is 5.02. The molecule has 0 bridgehead atoms. The third-order valence-corrected chi connectivity index (χ3v) is 4.80. The predicted octanol–water partition coefficient (Wildman–Crippen LogP) is 1.83. The van der Waals surface area contributed by atoms with Crippen molar-refractivity contribution in [2.45, 2.75) is 76.4 Å². The van der Waals surface area contributed by atoms with E-state index in [0.29, 0.717) is 0 Å². The SMILES string of the molecule is O=C(O)CC1(CC(=O)NC2CCCCC2O)CCCC1.